The maximum atomic E-state index is 12.7. The zero-order valence-corrected chi connectivity index (χ0v) is 15.6. The van der Waals surface area contributed by atoms with Crippen molar-refractivity contribution in [1.82, 2.24) is 15.2 Å². The third-order valence-electron chi connectivity index (χ3n) is 3.90. The molecule has 1 amide bonds. The molecule has 1 saturated heterocycles. The van der Waals surface area contributed by atoms with E-state index in [1.165, 1.54) is 0 Å². The number of carbonyl (C=O) groups is 1. The van der Waals surface area contributed by atoms with Gasteiger partial charge in [-0.3, -0.25) is 9.78 Å². The van der Waals surface area contributed by atoms with Crippen molar-refractivity contribution in [2.45, 2.75) is 19.9 Å². The van der Waals surface area contributed by atoms with Crippen molar-refractivity contribution in [1.29, 1.82) is 0 Å². The first-order chi connectivity index (χ1) is 10.2. The Balaban J connectivity index is 0.00000132. The molecule has 3 heterocycles. The minimum Gasteiger partial charge on any atom is -0.333 e. The quantitative estimate of drug-likeness (QED) is 0.877. The molecule has 1 aliphatic rings. The summed E-state index contributed by atoms with van der Waals surface area (Å²) in [7, 11) is 0. The van der Waals surface area contributed by atoms with E-state index >= 15 is 0 Å². The maximum Gasteiger partial charge on any atom is 0.256 e. The number of carbonyl (C=O) groups excluding carboxylic acids is 1. The molecule has 1 fully saturated rings. The third kappa shape index (κ3) is 4.23. The number of piperazine rings is 1. The summed E-state index contributed by atoms with van der Waals surface area (Å²) >= 11 is 1.65. The van der Waals surface area contributed by atoms with Crippen LogP contribution in [-0.4, -0.2) is 41.5 Å². The van der Waals surface area contributed by atoms with Crippen molar-refractivity contribution in [3.05, 3.63) is 40.2 Å². The molecule has 0 radical (unpaired) electrons. The molecule has 7 heteroatoms. The van der Waals surface area contributed by atoms with Gasteiger partial charge in [-0.25, -0.2) is 0 Å². The van der Waals surface area contributed by atoms with Crippen molar-refractivity contribution >= 4 is 42.1 Å². The summed E-state index contributed by atoms with van der Waals surface area (Å²) in [6.45, 7) is 6.45. The van der Waals surface area contributed by atoms with Crippen LogP contribution >= 0.6 is 36.2 Å². The van der Waals surface area contributed by atoms with Gasteiger partial charge in [0.25, 0.3) is 5.91 Å². The fourth-order valence-corrected chi connectivity index (χ4v) is 3.31. The van der Waals surface area contributed by atoms with E-state index in [1.54, 1.807) is 11.3 Å². The number of hydrogen-bond donors (Lipinski definition) is 1. The SMILES string of the molecule is Cc1nc(-c2ccsc2)ccc1C(=O)N1CCNCC1C.Cl.Cl. The zero-order chi connectivity index (χ0) is 14.8. The summed E-state index contributed by atoms with van der Waals surface area (Å²) < 4.78 is 0. The Hall–Kier alpha value is -1.14. The molecule has 0 bridgehead atoms. The van der Waals surface area contributed by atoms with Crippen molar-refractivity contribution in [3.63, 3.8) is 0 Å². The number of nitrogens with one attached hydrogen (secondary N) is 1. The highest BCUT2D eigenvalue weighted by molar-refractivity contribution is 7.08. The lowest BCUT2D eigenvalue weighted by molar-refractivity contribution is 0.0654. The summed E-state index contributed by atoms with van der Waals surface area (Å²) in [4.78, 5) is 19.2. The van der Waals surface area contributed by atoms with E-state index in [0.717, 1.165) is 36.6 Å². The first-order valence-corrected chi connectivity index (χ1v) is 8.13. The average Bonchev–Trinajstić information content (AvgIpc) is 3.01. The molecule has 1 atom stereocenters. The Labute approximate surface area is 153 Å². The van der Waals surface area contributed by atoms with Crippen LogP contribution in [0.15, 0.2) is 29.0 Å². The molecule has 0 spiro atoms. The zero-order valence-electron chi connectivity index (χ0n) is 13.1. The molecule has 2 aromatic rings. The van der Waals surface area contributed by atoms with Crippen LogP contribution in [0.2, 0.25) is 0 Å². The van der Waals surface area contributed by atoms with Gasteiger partial charge in [0.1, 0.15) is 0 Å². The van der Waals surface area contributed by atoms with E-state index < -0.39 is 0 Å². The maximum absolute atomic E-state index is 12.7. The summed E-state index contributed by atoms with van der Waals surface area (Å²) in [6, 6.07) is 6.12. The second kappa shape index (κ2) is 8.64. The normalized spacial score (nSPS) is 17.1. The number of hydrogen-bond acceptors (Lipinski definition) is 4. The number of thiophene rings is 1. The van der Waals surface area contributed by atoms with E-state index in [-0.39, 0.29) is 36.8 Å². The topological polar surface area (TPSA) is 45.2 Å². The standard InChI is InChI=1S/C16H19N3OS.2ClH/c1-11-9-17-6-7-19(11)16(20)14-3-4-15(18-12(14)2)13-5-8-21-10-13;;/h3-5,8,10-11,17H,6-7,9H2,1-2H3;2*1H. The number of aryl methyl sites for hydroxylation is 1. The monoisotopic (exact) mass is 373 g/mol. The van der Waals surface area contributed by atoms with Crippen LogP contribution in [0.25, 0.3) is 11.3 Å². The predicted octanol–water partition coefficient (Wildman–Crippen LogP) is 3.40. The van der Waals surface area contributed by atoms with Gasteiger partial charge < -0.3 is 10.2 Å². The van der Waals surface area contributed by atoms with E-state index in [9.17, 15) is 4.79 Å². The molecular weight excluding hydrogens is 353 g/mol. The van der Waals surface area contributed by atoms with Crippen molar-refractivity contribution in [2.24, 2.45) is 0 Å². The highest BCUT2D eigenvalue weighted by atomic mass is 35.5. The number of rotatable bonds is 2. The van der Waals surface area contributed by atoms with Gasteiger partial charge in [0.15, 0.2) is 0 Å². The molecule has 1 aliphatic heterocycles. The molecule has 0 aromatic carbocycles. The second-order valence-corrected chi connectivity index (χ2v) is 6.17. The van der Waals surface area contributed by atoms with Gasteiger partial charge in [-0.05, 0) is 37.4 Å². The van der Waals surface area contributed by atoms with E-state index in [2.05, 4.69) is 22.6 Å². The molecule has 23 heavy (non-hydrogen) atoms. The summed E-state index contributed by atoms with van der Waals surface area (Å²) in [5.41, 5.74) is 3.55. The minimum atomic E-state index is 0. The fraction of sp³-hybridized carbons (Fsp3) is 0.375. The van der Waals surface area contributed by atoms with Crippen LogP contribution in [-0.2, 0) is 0 Å². The molecule has 126 valence electrons. The summed E-state index contributed by atoms with van der Waals surface area (Å²) in [5.74, 6) is 0.0888. The first-order valence-electron chi connectivity index (χ1n) is 7.18. The minimum absolute atomic E-state index is 0. The Morgan fingerprint density at radius 1 is 1.35 bits per heavy atom. The van der Waals surface area contributed by atoms with Gasteiger partial charge >= 0.3 is 0 Å². The molecule has 4 nitrogen and oxygen atoms in total. The van der Waals surface area contributed by atoms with Crippen LogP contribution < -0.4 is 5.32 Å². The highest BCUT2D eigenvalue weighted by Gasteiger charge is 2.25. The lowest BCUT2D eigenvalue weighted by Crippen LogP contribution is -2.52. The van der Waals surface area contributed by atoms with Gasteiger partial charge in [0, 0.05) is 36.6 Å². The van der Waals surface area contributed by atoms with Crippen LogP contribution in [0, 0.1) is 6.92 Å². The second-order valence-electron chi connectivity index (χ2n) is 5.39. The predicted molar refractivity (Wildman–Crippen MR) is 100 cm³/mol. The largest absolute Gasteiger partial charge is 0.333 e. The number of nitrogens with zero attached hydrogens (tertiary/aromatic N) is 2. The molecule has 2 aromatic heterocycles. The number of halogens is 2. The van der Waals surface area contributed by atoms with Gasteiger partial charge in [-0.2, -0.15) is 11.3 Å². The van der Waals surface area contributed by atoms with Crippen LogP contribution in [0.4, 0.5) is 0 Å². The van der Waals surface area contributed by atoms with Crippen molar-refractivity contribution < 1.29 is 4.79 Å². The van der Waals surface area contributed by atoms with Crippen LogP contribution in [0.1, 0.15) is 23.0 Å². The lowest BCUT2D eigenvalue weighted by atomic mass is 10.1. The van der Waals surface area contributed by atoms with Crippen molar-refractivity contribution in [2.75, 3.05) is 19.6 Å². The van der Waals surface area contributed by atoms with Gasteiger partial charge in [-0.15, -0.1) is 24.8 Å². The van der Waals surface area contributed by atoms with Crippen LogP contribution in [0.3, 0.4) is 0 Å². The Bertz CT molecular complexity index is 649. The van der Waals surface area contributed by atoms with E-state index in [1.807, 2.05) is 35.4 Å². The number of aromatic nitrogens is 1. The lowest BCUT2D eigenvalue weighted by Gasteiger charge is -2.34. The molecule has 0 aliphatic carbocycles. The Morgan fingerprint density at radius 2 is 2.13 bits per heavy atom. The Kier molecular flexibility index (Phi) is 7.48. The van der Waals surface area contributed by atoms with E-state index in [4.69, 9.17) is 0 Å². The van der Waals surface area contributed by atoms with Crippen molar-refractivity contribution in [3.8, 4) is 11.3 Å². The molecule has 0 saturated carbocycles. The Morgan fingerprint density at radius 3 is 2.74 bits per heavy atom. The first kappa shape index (κ1) is 19.9. The van der Waals surface area contributed by atoms with Gasteiger partial charge in [0.05, 0.1) is 17.0 Å². The molecule has 1 unspecified atom stereocenters. The van der Waals surface area contributed by atoms with Gasteiger partial charge in [0.2, 0.25) is 0 Å². The highest BCUT2D eigenvalue weighted by Crippen LogP contribution is 2.22. The van der Waals surface area contributed by atoms with Crippen LogP contribution in [0.5, 0.6) is 0 Å². The number of amides is 1. The number of pyridine rings is 1. The third-order valence-corrected chi connectivity index (χ3v) is 4.58. The average molecular weight is 374 g/mol. The molecular formula is C16H21Cl2N3OS. The smallest absolute Gasteiger partial charge is 0.256 e. The molecule has 1 N–H and O–H groups in total. The summed E-state index contributed by atoms with van der Waals surface area (Å²) in [5, 5.41) is 7.41. The van der Waals surface area contributed by atoms with Gasteiger partial charge in [-0.1, -0.05) is 0 Å². The fourth-order valence-electron chi connectivity index (χ4n) is 2.66. The molecule has 3 rings (SSSR count). The summed E-state index contributed by atoms with van der Waals surface area (Å²) in [6.07, 6.45) is 0. The van der Waals surface area contributed by atoms with E-state index in [0.29, 0.717) is 5.56 Å².